The average Bonchev–Trinajstić information content (AvgIpc) is 2.44. The number of rotatable bonds is 6. The minimum Gasteiger partial charge on any atom is -0.490 e. The second kappa shape index (κ2) is 7.13. The van der Waals surface area contributed by atoms with Crippen molar-refractivity contribution in [2.75, 3.05) is 13.2 Å². The summed E-state index contributed by atoms with van der Waals surface area (Å²) in [4.78, 5) is 11.1. The number of carboxylic acid groups (broad SMARTS) is 1. The Kier molecular flexibility index (Phi) is 5.22. The molecule has 0 unspecified atom stereocenters. The SMILES string of the molecule is Cc1cccc(OCCOc2ccc(Br)cc2C(=O)O)c1. The molecule has 2 aromatic carbocycles. The predicted octanol–water partition coefficient (Wildman–Crippen LogP) is 3.91. The Balaban J connectivity index is 1.90. The lowest BCUT2D eigenvalue weighted by Crippen LogP contribution is -2.11. The molecule has 110 valence electrons. The highest BCUT2D eigenvalue weighted by Gasteiger charge is 2.11. The van der Waals surface area contributed by atoms with Gasteiger partial charge in [0.2, 0.25) is 0 Å². The van der Waals surface area contributed by atoms with E-state index in [2.05, 4.69) is 15.9 Å². The number of aromatic carboxylic acids is 1. The molecule has 5 heteroatoms. The fraction of sp³-hybridized carbons (Fsp3) is 0.188. The van der Waals surface area contributed by atoms with Crippen LogP contribution in [0.2, 0.25) is 0 Å². The number of aryl methyl sites for hydroxylation is 1. The minimum atomic E-state index is -1.02. The Bertz CT molecular complexity index is 640. The normalized spacial score (nSPS) is 10.2. The lowest BCUT2D eigenvalue weighted by molar-refractivity contribution is 0.0691. The van der Waals surface area contributed by atoms with Crippen LogP contribution >= 0.6 is 15.9 Å². The van der Waals surface area contributed by atoms with Crippen LogP contribution in [0.15, 0.2) is 46.9 Å². The molecule has 0 radical (unpaired) electrons. The van der Waals surface area contributed by atoms with Crippen LogP contribution < -0.4 is 9.47 Å². The summed E-state index contributed by atoms with van der Waals surface area (Å²) in [5, 5.41) is 9.12. The summed E-state index contributed by atoms with van der Waals surface area (Å²) in [5.41, 5.74) is 1.24. The average molecular weight is 351 g/mol. The molecule has 0 fully saturated rings. The van der Waals surface area contributed by atoms with Crippen molar-refractivity contribution in [3.63, 3.8) is 0 Å². The predicted molar refractivity (Wildman–Crippen MR) is 83.3 cm³/mol. The Morgan fingerprint density at radius 3 is 2.62 bits per heavy atom. The monoisotopic (exact) mass is 350 g/mol. The zero-order chi connectivity index (χ0) is 15.2. The van der Waals surface area contributed by atoms with Gasteiger partial charge in [-0.3, -0.25) is 0 Å². The van der Waals surface area contributed by atoms with Gasteiger partial charge >= 0.3 is 5.97 Å². The number of benzene rings is 2. The molecule has 0 spiro atoms. The minimum absolute atomic E-state index is 0.125. The van der Waals surface area contributed by atoms with Crippen molar-refractivity contribution in [1.82, 2.24) is 0 Å². The third-order valence-electron chi connectivity index (χ3n) is 2.77. The molecule has 0 bridgehead atoms. The quantitative estimate of drug-likeness (QED) is 0.802. The first-order valence-electron chi connectivity index (χ1n) is 6.41. The molecule has 0 aliphatic heterocycles. The summed E-state index contributed by atoms with van der Waals surface area (Å²) in [6.07, 6.45) is 0. The van der Waals surface area contributed by atoms with Crippen LogP contribution in [-0.4, -0.2) is 24.3 Å². The number of carbonyl (C=O) groups is 1. The summed E-state index contributed by atoms with van der Waals surface area (Å²) < 4.78 is 11.7. The van der Waals surface area contributed by atoms with Crippen molar-refractivity contribution in [2.24, 2.45) is 0 Å². The van der Waals surface area contributed by atoms with Gasteiger partial charge in [-0.1, -0.05) is 28.1 Å². The summed E-state index contributed by atoms with van der Waals surface area (Å²) >= 11 is 3.24. The molecular formula is C16H15BrO4. The van der Waals surface area contributed by atoms with Crippen LogP contribution in [-0.2, 0) is 0 Å². The van der Waals surface area contributed by atoms with Gasteiger partial charge in [-0.2, -0.15) is 0 Å². The van der Waals surface area contributed by atoms with E-state index in [4.69, 9.17) is 14.6 Å². The lowest BCUT2D eigenvalue weighted by atomic mass is 10.2. The molecular weight excluding hydrogens is 336 g/mol. The molecule has 0 saturated carbocycles. The number of hydrogen-bond donors (Lipinski definition) is 1. The van der Waals surface area contributed by atoms with E-state index in [1.807, 2.05) is 31.2 Å². The molecule has 2 aromatic rings. The number of halogens is 1. The molecule has 0 amide bonds. The van der Waals surface area contributed by atoms with E-state index >= 15 is 0 Å². The molecule has 0 atom stereocenters. The molecule has 0 heterocycles. The lowest BCUT2D eigenvalue weighted by Gasteiger charge is -2.11. The Morgan fingerprint density at radius 2 is 1.90 bits per heavy atom. The third kappa shape index (κ3) is 4.49. The maximum Gasteiger partial charge on any atom is 0.339 e. The Labute approximate surface area is 131 Å². The van der Waals surface area contributed by atoms with Crippen LogP contribution in [0.5, 0.6) is 11.5 Å². The van der Waals surface area contributed by atoms with E-state index in [1.54, 1.807) is 12.1 Å². The van der Waals surface area contributed by atoms with Crippen molar-refractivity contribution in [3.8, 4) is 11.5 Å². The topological polar surface area (TPSA) is 55.8 Å². The van der Waals surface area contributed by atoms with Gasteiger partial charge in [-0.15, -0.1) is 0 Å². The van der Waals surface area contributed by atoms with Gasteiger partial charge in [-0.25, -0.2) is 4.79 Å². The maximum absolute atomic E-state index is 11.1. The van der Waals surface area contributed by atoms with Gasteiger partial charge in [0.25, 0.3) is 0 Å². The second-order valence-electron chi connectivity index (χ2n) is 4.46. The summed E-state index contributed by atoms with van der Waals surface area (Å²) in [6.45, 7) is 2.61. The summed E-state index contributed by atoms with van der Waals surface area (Å²) in [5.74, 6) is 0.0808. The van der Waals surface area contributed by atoms with Crippen molar-refractivity contribution in [1.29, 1.82) is 0 Å². The Morgan fingerprint density at radius 1 is 1.14 bits per heavy atom. The standard InChI is InChI=1S/C16H15BrO4/c1-11-3-2-4-13(9-11)20-7-8-21-15-6-5-12(17)10-14(15)16(18)19/h2-6,9-10H,7-8H2,1H3,(H,18,19). The van der Waals surface area contributed by atoms with Gasteiger partial charge in [0.1, 0.15) is 30.3 Å². The molecule has 4 nitrogen and oxygen atoms in total. The number of ether oxygens (including phenoxy) is 2. The van der Waals surface area contributed by atoms with E-state index < -0.39 is 5.97 Å². The van der Waals surface area contributed by atoms with Gasteiger partial charge in [0.15, 0.2) is 0 Å². The smallest absolute Gasteiger partial charge is 0.339 e. The number of carboxylic acids is 1. The van der Waals surface area contributed by atoms with E-state index in [0.717, 1.165) is 11.3 Å². The van der Waals surface area contributed by atoms with Gasteiger partial charge < -0.3 is 14.6 Å². The van der Waals surface area contributed by atoms with Crippen LogP contribution in [0.3, 0.4) is 0 Å². The molecule has 0 aliphatic rings. The van der Waals surface area contributed by atoms with Crippen LogP contribution in [0.1, 0.15) is 15.9 Å². The van der Waals surface area contributed by atoms with Crippen molar-refractivity contribution >= 4 is 21.9 Å². The molecule has 0 saturated heterocycles. The molecule has 0 aliphatic carbocycles. The molecule has 2 rings (SSSR count). The summed E-state index contributed by atoms with van der Waals surface area (Å²) in [7, 11) is 0. The molecule has 1 N–H and O–H groups in total. The van der Waals surface area contributed by atoms with Gasteiger partial charge in [-0.05, 0) is 42.8 Å². The summed E-state index contributed by atoms with van der Waals surface area (Å²) in [6, 6.07) is 12.6. The molecule has 0 aromatic heterocycles. The first kappa shape index (κ1) is 15.4. The van der Waals surface area contributed by atoms with Crippen LogP contribution in [0.25, 0.3) is 0 Å². The highest BCUT2D eigenvalue weighted by molar-refractivity contribution is 9.10. The third-order valence-corrected chi connectivity index (χ3v) is 3.26. The number of hydrogen-bond acceptors (Lipinski definition) is 3. The van der Waals surface area contributed by atoms with E-state index in [1.165, 1.54) is 6.07 Å². The van der Waals surface area contributed by atoms with E-state index in [9.17, 15) is 4.79 Å². The first-order valence-corrected chi connectivity index (χ1v) is 7.20. The first-order chi connectivity index (χ1) is 10.1. The maximum atomic E-state index is 11.1. The van der Waals surface area contributed by atoms with Crippen LogP contribution in [0.4, 0.5) is 0 Å². The van der Waals surface area contributed by atoms with Gasteiger partial charge in [0.05, 0.1) is 0 Å². The van der Waals surface area contributed by atoms with E-state index in [-0.39, 0.29) is 12.2 Å². The zero-order valence-corrected chi connectivity index (χ0v) is 13.1. The molecule has 21 heavy (non-hydrogen) atoms. The zero-order valence-electron chi connectivity index (χ0n) is 11.5. The highest BCUT2D eigenvalue weighted by Crippen LogP contribution is 2.23. The van der Waals surface area contributed by atoms with Crippen molar-refractivity contribution < 1.29 is 19.4 Å². The fourth-order valence-corrected chi connectivity index (χ4v) is 2.17. The van der Waals surface area contributed by atoms with Crippen LogP contribution in [0, 0.1) is 6.92 Å². The fourth-order valence-electron chi connectivity index (χ4n) is 1.81. The Hall–Kier alpha value is -2.01. The highest BCUT2D eigenvalue weighted by atomic mass is 79.9. The second-order valence-corrected chi connectivity index (χ2v) is 5.37. The largest absolute Gasteiger partial charge is 0.490 e. The van der Waals surface area contributed by atoms with Crippen molar-refractivity contribution in [3.05, 3.63) is 58.1 Å². The van der Waals surface area contributed by atoms with E-state index in [0.29, 0.717) is 16.8 Å². The van der Waals surface area contributed by atoms with Gasteiger partial charge in [0, 0.05) is 4.47 Å². The van der Waals surface area contributed by atoms with Crippen molar-refractivity contribution in [2.45, 2.75) is 6.92 Å².